The first-order valence-corrected chi connectivity index (χ1v) is 9.20. The molecule has 0 aliphatic rings. The first kappa shape index (κ1) is 20.4. The Labute approximate surface area is 177 Å². The molecule has 0 bridgehead atoms. The van der Waals surface area contributed by atoms with Crippen LogP contribution in [0.1, 0.15) is 11.4 Å². The molecule has 1 aromatic heterocycles. The Morgan fingerprint density at radius 3 is 2.90 bits per heavy atom. The lowest BCUT2D eigenvalue weighted by Crippen LogP contribution is -2.20. The number of hydrogen-bond donors (Lipinski definition) is 0. The number of nitro groups is 1. The SMILES string of the molecule is Cc1nc2ccc(Br)cc2c(=O)n1N=Cc1cc(Cl)cc([N+](=O)[O-])c1OCC#N. The zero-order valence-electron chi connectivity index (χ0n) is 14.8. The van der Waals surface area contributed by atoms with E-state index in [1.807, 2.05) is 0 Å². The van der Waals surface area contributed by atoms with Gasteiger partial charge in [0.2, 0.25) is 5.75 Å². The average molecular weight is 477 g/mol. The smallest absolute Gasteiger partial charge is 0.313 e. The highest BCUT2D eigenvalue weighted by Crippen LogP contribution is 2.33. The van der Waals surface area contributed by atoms with Crippen LogP contribution in [0, 0.1) is 28.4 Å². The van der Waals surface area contributed by atoms with E-state index in [2.05, 4.69) is 26.0 Å². The molecule has 0 saturated carbocycles. The van der Waals surface area contributed by atoms with Crippen LogP contribution in [0.4, 0.5) is 5.69 Å². The van der Waals surface area contributed by atoms with E-state index in [0.717, 1.165) is 10.7 Å². The van der Waals surface area contributed by atoms with Gasteiger partial charge >= 0.3 is 5.69 Å². The molecule has 0 fully saturated rings. The molecular formula is C18H11BrClN5O4. The summed E-state index contributed by atoms with van der Waals surface area (Å²) in [6.07, 6.45) is 1.20. The normalized spacial score (nSPS) is 11.0. The second-order valence-electron chi connectivity index (χ2n) is 5.73. The molecule has 1 heterocycles. The molecule has 11 heteroatoms. The minimum Gasteiger partial charge on any atom is -0.471 e. The van der Waals surface area contributed by atoms with E-state index in [9.17, 15) is 14.9 Å². The molecule has 0 aliphatic carbocycles. The molecule has 0 N–H and O–H groups in total. The van der Waals surface area contributed by atoms with Gasteiger partial charge in [-0.25, -0.2) is 4.98 Å². The molecule has 0 radical (unpaired) electrons. The van der Waals surface area contributed by atoms with Crippen molar-refractivity contribution in [1.82, 2.24) is 9.66 Å². The second kappa shape index (κ2) is 8.38. The van der Waals surface area contributed by atoms with E-state index < -0.39 is 22.8 Å². The fourth-order valence-electron chi connectivity index (χ4n) is 2.61. The summed E-state index contributed by atoms with van der Waals surface area (Å²) in [7, 11) is 0. The highest BCUT2D eigenvalue weighted by atomic mass is 79.9. The summed E-state index contributed by atoms with van der Waals surface area (Å²) in [5.41, 5.74) is -0.182. The van der Waals surface area contributed by atoms with Gasteiger partial charge in [0.05, 0.1) is 22.0 Å². The largest absolute Gasteiger partial charge is 0.471 e. The van der Waals surface area contributed by atoms with Crippen LogP contribution in [-0.4, -0.2) is 27.4 Å². The molecule has 146 valence electrons. The maximum atomic E-state index is 12.8. The lowest BCUT2D eigenvalue weighted by molar-refractivity contribution is -0.385. The minimum atomic E-state index is -0.678. The number of fused-ring (bicyclic) bond motifs is 1. The van der Waals surface area contributed by atoms with Crippen molar-refractivity contribution in [2.45, 2.75) is 6.92 Å². The zero-order valence-corrected chi connectivity index (χ0v) is 17.1. The first-order valence-electron chi connectivity index (χ1n) is 8.02. The molecule has 3 aromatic rings. The van der Waals surface area contributed by atoms with Gasteiger partial charge in [-0.3, -0.25) is 14.9 Å². The van der Waals surface area contributed by atoms with E-state index in [4.69, 9.17) is 21.6 Å². The number of nitro benzene ring substituents is 1. The highest BCUT2D eigenvalue weighted by molar-refractivity contribution is 9.10. The number of halogens is 2. The predicted octanol–water partition coefficient (Wildman–Crippen LogP) is 3.81. The maximum absolute atomic E-state index is 12.8. The molecule has 2 aromatic carbocycles. The third-order valence-electron chi connectivity index (χ3n) is 3.82. The van der Waals surface area contributed by atoms with Gasteiger partial charge in [0, 0.05) is 21.1 Å². The molecule has 0 spiro atoms. The minimum absolute atomic E-state index is 0.0760. The van der Waals surface area contributed by atoms with Crippen LogP contribution in [0.5, 0.6) is 5.75 Å². The van der Waals surface area contributed by atoms with Gasteiger partial charge < -0.3 is 4.74 Å². The van der Waals surface area contributed by atoms with Crippen molar-refractivity contribution in [2.24, 2.45) is 5.10 Å². The summed E-state index contributed by atoms with van der Waals surface area (Å²) >= 11 is 9.28. The van der Waals surface area contributed by atoms with E-state index in [0.29, 0.717) is 21.2 Å². The molecular weight excluding hydrogens is 466 g/mol. The van der Waals surface area contributed by atoms with Gasteiger partial charge in [-0.15, -0.1) is 0 Å². The molecule has 0 aliphatic heterocycles. The van der Waals surface area contributed by atoms with Gasteiger partial charge in [-0.2, -0.15) is 15.0 Å². The Bertz CT molecular complexity index is 1270. The fourth-order valence-corrected chi connectivity index (χ4v) is 3.19. The summed E-state index contributed by atoms with van der Waals surface area (Å²) < 4.78 is 6.98. The number of nitriles is 1. The number of ether oxygens (including phenoxy) is 1. The summed E-state index contributed by atoms with van der Waals surface area (Å²) in [6, 6.07) is 9.34. The molecule has 0 unspecified atom stereocenters. The quantitative estimate of drug-likeness (QED) is 0.313. The highest BCUT2D eigenvalue weighted by Gasteiger charge is 2.20. The van der Waals surface area contributed by atoms with Gasteiger partial charge in [0.1, 0.15) is 11.9 Å². The van der Waals surface area contributed by atoms with Crippen LogP contribution in [0.25, 0.3) is 10.9 Å². The van der Waals surface area contributed by atoms with E-state index in [1.165, 1.54) is 12.3 Å². The summed E-state index contributed by atoms with van der Waals surface area (Å²) in [5, 5.41) is 24.6. The van der Waals surface area contributed by atoms with E-state index >= 15 is 0 Å². The van der Waals surface area contributed by atoms with Crippen molar-refractivity contribution in [2.75, 3.05) is 6.61 Å². The van der Waals surface area contributed by atoms with Crippen molar-refractivity contribution in [3.63, 3.8) is 0 Å². The monoisotopic (exact) mass is 475 g/mol. The Morgan fingerprint density at radius 2 is 2.21 bits per heavy atom. The second-order valence-corrected chi connectivity index (χ2v) is 7.08. The lowest BCUT2D eigenvalue weighted by atomic mass is 10.2. The third kappa shape index (κ3) is 4.26. The molecule has 3 rings (SSSR count). The van der Waals surface area contributed by atoms with Crippen LogP contribution in [-0.2, 0) is 0 Å². The number of rotatable bonds is 5. The first-order chi connectivity index (χ1) is 13.8. The van der Waals surface area contributed by atoms with E-state index in [1.54, 1.807) is 31.2 Å². The Morgan fingerprint density at radius 1 is 1.45 bits per heavy atom. The molecule has 29 heavy (non-hydrogen) atoms. The fraction of sp³-hybridized carbons (Fsp3) is 0.111. The van der Waals surface area contributed by atoms with Crippen molar-refractivity contribution >= 4 is 50.3 Å². The Balaban J connectivity index is 2.16. The zero-order chi connectivity index (χ0) is 21.1. The van der Waals surface area contributed by atoms with Gasteiger partial charge in [-0.1, -0.05) is 27.5 Å². The van der Waals surface area contributed by atoms with Gasteiger partial charge in [0.25, 0.3) is 5.56 Å². The average Bonchev–Trinajstić information content (AvgIpc) is 2.67. The number of nitrogens with zero attached hydrogens (tertiary/aromatic N) is 5. The Hall–Kier alpha value is -3.29. The van der Waals surface area contributed by atoms with Gasteiger partial charge in [-0.05, 0) is 31.2 Å². The van der Waals surface area contributed by atoms with Crippen LogP contribution in [0.15, 0.2) is 44.7 Å². The van der Waals surface area contributed by atoms with Crippen LogP contribution >= 0.6 is 27.5 Å². The Kier molecular flexibility index (Phi) is 5.91. The van der Waals surface area contributed by atoms with Crippen molar-refractivity contribution in [3.8, 4) is 11.8 Å². The summed E-state index contributed by atoms with van der Waals surface area (Å²) in [6.45, 7) is 1.20. The predicted molar refractivity (Wildman–Crippen MR) is 111 cm³/mol. The molecule has 0 amide bonds. The third-order valence-corrected chi connectivity index (χ3v) is 4.53. The van der Waals surface area contributed by atoms with Crippen molar-refractivity contribution in [1.29, 1.82) is 5.26 Å². The number of hydrogen-bond acceptors (Lipinski definition) is 7. The van der Waals surface area contributed by atoms with Crippen molar-refractivity contribution in [3.05, 3.63) is 71.7 Å². The van der Waals surface area contributed by atoms with Crippen molar-refractivity contribution < 1.29 is 9.66 Å². The molecule has 0 saturated heterocycles. The standard InChI is InChI=1S/C18H11BrClN5O4/c1-10-23-15-3-2-12(19)7-14(15)18(26)24(10)22-9-11-6-13(20)8-16(25(27)28)17(11)29-5-4-21/h2-3,6-9H,5H2,1H3. The lowest BCUT2D eigenvalue weighted by Gasteiger charge is -2.08. The summed E-state index contributed by atoms with van der Waals surface area (Å²) in [4.78, 5) is 27.8. The van der Waals surface area contributed by atoms with Crippen LogP contribution in [0.3, 0.4) is 0 Å². The van der Waals surface area contributed by atoms with Crippen LogP contribution < -0.4 is 10.3 Å². The van der Waals surface area contributed by atoms with E-state index in [-0.39, 0.29) is 16.3 Å². The number of benzene rings is 2. The van der Waals surface area contributed by atoms with Gasteiger partial charge in [0.15, 0.2) is 6.61 Å². The van der Waals surface area contributed by atoms with Crippen LogP contribution in [0.2, 0.25) is 5.02 Å². The summed E-state index contributed by atoms with van der Waals surface area (Å²) in [5.74, 6) is 0.143. The topological polar surface area (TPSA) is 123 Å². The molecule has 0 atom stereocenters. The number of aromatic nitrogens is 2. The maximum Gasteiger partial charge on any atom is 0.313 e. The number of aryl methyl sites for hydroxylation is 1. The molecule has 9 nitrogen and oxygen atoms in total.